The van der Waals surface area contributed by atoms with E-state index in [4.69, 9.17) is 10.2 Å². The van der Waals surface area contributed by atoms with Crippen LogP contribution in [-0.4, -0.2) is 34.4 Å². The zero-order chi connectivity index (χ0) is 8.31. The van der Waals surface area contributed by atoms with Gasteiger partial charge in [0.25, 0.3) is 0 Å². The summed E-state index contributed by atoms with van der Waals surface area (Å²) in [5, 5.41) is 35.7. The number of hydrogen-bond acceptors (Lipinski definition) is 6. The van der Waals surface area contributed by atoms with Crippen LogP contribution in [0, 0.1) is 0 Å². The van der Waals surface area contributed by atoms with Gasteiger partial charge >= 0.3 is 110 Å². The number of aliphatic carboxylic acids is 2. The predicted octanol–water partition coefficient (Wildman–Crippen LogP) is -16.8. The van der Waals surface area contributed by atoms with E-state index in [2.05, 4.69) is 0 Å². The van der Waals surface area contributed by atoms with Crippen molar-refractivity contribution in [1.82, 2.24) is 0 Å². The van der Waals surface area contributed by atoms with E-state index in [0.29, 0.717) is 0 Å². The van der Waals surface area contributed by atoms with E-state index in [1.54, 1.807) is 0 Å². The third-order valence-electron chi connectivity index (χ3n) is 0.782. The first kappa shape index (κ1) is 29.9. The summed E-state index contributed by atoms with van der Waals surface area (Å²) in [5.74, 6) is -4.12. The molecule has 0 fully saturated rings. The fourth-order valence-corrected chi connectivity index (χ4v) is 0.258. The smallest absolute Gasteiger partial charge is 1.00 e. The molecule has 0 aliphatic carbocycles. The van der Waals surface area contributed by atoms with E-state index in [9.17, 15) is 19.8 Å². The third-order valence-corrected chi connectivity index (χ3v) is 0.782. The summed E-state index contributed by atoms with van der Waals surface area (Å²) >= 11 is 0. The average Bonchev–Trinajstić information content (AvgIpc) is 1.84. The van der Waals surface area contributed by atoms with Gasteiger partial charge in [-0.15, -0.1) is 0 Å². The van der Waals surface area contributed by atoms with Crippen LogP contribution in [0.2, 0.25) is 0 Å². The fourth-order valence-electron chi connectivity index (χ4n) is 0.258. The molecule has 0 aromatic carbocycles. The van der Waals surface area contributed by atoms with Crippen molar-refractivity contribution in [2.24, 2.45) is 0 Å². The van der Waals surface area contributed by atoms with Crippen LogP contribution in [0.15, 0.2) is 0 Å². The summed E-state index contributed by atoms with van der Waals surface area (Å²) in [6.07, 6.45) is -4.88. The molecule has 0 saturated carbocycles. The number of hydrogen-bond donors (Lipinski definition) is 2. The number of aliphatic hydroxyl groups excluding tert-OH is 2. The minimum Gasteiger partial charge on any atom is -1.00 e. The minimum atomic E-state index is -2.44. The molecular formula is C4H4FKNa2O6. The van der Waals surface area contributed by atoms with Crippen molar-refractivity contribution < 1.29 is 145 Å². The molecule has 2 N–H and O–H groups in total. The quantitative estimate of drug-likeness (QED) is 0.481. The second-order valence-corrected chi connectivity index (χ2v) is 1.53. The standard InChI is InChI=1S/C4H6O6.FH.K.2Na/c5-1(3(7)8)2(6)4(9)10;;;;/h1-2,5-6H,(H,7,8)(H,9,10);1H;;;/q;;3*+1/p-3. The van der Waals surface area contributed by atoms with E-state index in [-0.39, 0.29) is 115 Å². The number of aliphatic hydroxyl groups is 2. The SMILES string of the molecule is O=C([O-])C(O)C(O)C(=O)[O-].[F-].[K+].[Na+].[Na+]. The van der Waals surface area contributed by atoms with E-state index < -0.39 is 24.1 Å². The predicted molar refractivity (Wildman–Crippen MR) is 22.0 cm³/mol. The first-order valence-electron chi connectivity index (χ1n) is 2.24. The van der Waals surface area contributed by atoms with Crippen LogP contribution in [0.25, 0.3) is 0 Å². The van der Waals surface area contributed by atoms with Crippen LogP contribution in [0.5, 0.6) is 0 Å². The number of halogens is 1. The van der Waals surface area contributed by atoms with Crippen molar-refractivity contribution in [3.05, 3.63) is 0 Å². The third kappa shape index (κ3) is 12.5. The molecule has 66 valence electrons. The van der Waals surface area contributed by atoms with Crippen LogP contribution in [0.3, 0.4) is 0 Å². The largest absolute Gasteiger partial charge is 1.00 e. The average molecular weight is 252 g/mol. The number of carboxylic acid groups (broad SMARTS) is 2. The molecule has 2 atom stereocenters. The summed E-state index contributed by atoms with van der Waals surface area (Å²) in [5.41, 5.74) is 0. The molecule has 6 nitrogen and oxygen atoms in total. The van der Waals surface area contributed by atoms with Gasteiger partial charge in [-0.3, -0.25) is 0 Å². The number of carbonyl (C=O) groups excluding carboxylic acids is 2. The zero-order valence-corrected chi connectivity index (χ0v) is 15.2. The van der Waals surface area contributed by atoms with Crippen molar-refractivity contribution in [2.45, 2.75) is 12.2 Å². The van der Waals surface area contributed by atoms with Crippen molar-refractivity contribution in [3.63, 3.8) is 0 Å². The fraction of sp³-hybridized carbons (Fsp3) is 0.500. The first-order valence-corrected chi connectivity index (χ1v) is 2.24. The van der Waals surface area contributed by atoms with Crippen LogP contribution in [-0.2, 0) is 9.59 Å². The van der Waals surface area contributed by atoms with E-state index in [1.165, 1.54) is 0 Å². The second-order valence-electron chi connectivity index (χ2n) is 1.53. The van der Waals surface area contributed by atoms with Crippen molar-refractivity contribution in [1.29, 1.82) is 0 Å². The summed E-state index contributed by atoms with van der Waals surface area (Å²) in [4.78, 5) is 19.3. The van der Waals surface area contributed by atoms with Gasteiger partial charge in [-0.1, -0.05) is 0 Å². The molecule has 0 aromatic rings. The van der Waals surface area contributed by atoms with Crippen molar-refractivity contribution >= 4 is 11.9 Å². The topological polar surface area (TPSA) is 121 Å². The van der Waals surface area contributed by atoms with Gasteiger partial charge in [0.05, 0.1) is 11.9 Å². The van der Waals surface area contributed by atoms with Gasteiger partial charge in [-0.05, 0) is 0 Å². The van der Waals surface area contributed by atoms with Gasteiger partial charge in [0.2, 0.25) is 0 Å². The van der Waals surface area contributed by atoms with Crippen molar-refractivity contribution in [3.8, 4) is 0 Å². The Morgan fingerprint density at radius 3 is 1.14 bits per heavy atom. The Morgan fingerprint density at radius 1 is 0.929 bits per heavy atom. The molecule has 2 unspecified atom stereocenters. The molecule has 0 spiro atoms. The summed E-state index contributed by atoms with van der Waals surface area (Å²) < 4.78 is 0. The Bertz CT molecular complexity index is 152. The Morgan fingerprint density at radius 2 is 1.07 bits per heavy atom. The molecule has 0 aromatic heterocycles. The van der Waals surface area contributed by atoms with Crippen LogP contribution >= 0.6 is 0 Å². The number of carboxylic acids is 2. The molecule has 0 radical (unpaired) electrons. The minimum absolute atomic E-state index is 0. The molecule has 0 saturated heterocycles. The first-order chi connectivity index (χ1) is 4.46. The Labute approximate surface area is 166 Å². The molecule has 0 amide bonds. The Kier molecular flexibility index (Phi) is 33.0. The Hall–Kier alpha value is 2.43. The van der Waals surface area contributed by atoms with E-state index in [0.717, 1.165) is 0 Å². The zero-order valence-electron chi connectivity index (χ0n) is 8.06. The molecule has 10 heteroatoms. The number of carbonyl (C=O) groups is 2. The molecule has 0 bridgehead atoms. The normalized spacial score (nSPS) is 11.3. The molecule has 0 heterocycles. The van der Waals surface area contributed by atoms with Gasteiger partial charge in [-0.25, -0.2) is 0 Å². The van der Waals surface area contributed by atoms with Crippen LogP contribution in [0.4, 0.5) is 0 Å². The van der Waals surface area contributed by atoms with Gasteiger partial charge in [0.1, 0.15) is 12.2 Å². The van der Waals surface area contributed by atoms with Gasteiger partial charge in [-0.2, -0.15) is 0 Å². The maximum atomic E-state index is 9.63. The molecular weight excluding hydrogens is 248 g/mol. The second kappa shape index (κ2) is 15.4. The Balaban J connectivity index is -0.0000000675. The molecule has 14 heavy (non-hydrogen) atoms. The van der Waals surface area contributed by atoms with Gasteiger partial charge in [0.15, 0.2) is 0 Å². The molecule has 0 aliphatic heterocycles. The number of rotatable bonds is 3. The van der Waals surface area contributed by atoms with Gasteiger partial charge in [0, 0.05) is 0 Å². The maximum absolute atomic E-state index is 9.63. The summed E-state index contributed by atoms with van der Waals surface area (Å²) in [6, 6.07) is 0. The summed E-state index contributed by atoms with van der Waals surface area (Å²) in [7, 11) is 0. The van der Waals surface area contributed by atoms with Gasteiger partial charge < -0.3 is 34.7 Å². The summed E-state index contributed by atoms with van der Waals surface area (Å²) in [6.45, 7) is 0. The van der Waals surface area contributed by atoms with Crippen LogP contribution in [0.1, 0.15) is 0 Å². The maximum Gasteiger partial charge on any atom is 1.00 e. The molecule has 0 rings (SSSR count). The van der Waals surface area contributed by atoms with E-state index >= 15 is 0 Å². The van der Waals surface area contributed by atoms with Crippen LogP contribution < -0.4 is 125 Å². The van der Waals surface area contributed by atoms with E-state index in [1.807, 2.05) is 0 Å². The monoisotopic (exact) mass is 252 g/mol. The molecule has 0 aliphatic rings. The van der Waals surface area contributed by atoms with Crippen molar-refractivity contribution in [2.75, 3.05) is 0 Å².